The van der Waals surface area contributed by atoms with Crippen LogP contribution in [-0.4, -0.2) is 47.4 Å². The lowest BCUT2D eigenvalue weighted by molar-refractivity contribution is 0.203. The molecular weight excluding hydrogens is 314 g/mol. The van der Waals surface area contributed by atoms with Crippen LogP contribution in [0.15, 0.2) is 42.6 Å². The maximum atomic E-state index is 12.3. The van der Waals surface area contributed by atoms with E-state index in [1.165, 1.54) is 12.1 Å². The van der Waals surface area contributed by atoms with Gasteiger partial charge in [0, 0.05) is 45.6 Å². The molecule has 2 amide bonds. The van der Waals surface area contributed by atoms with Crippen molar-refractivity contribution < 1.29 is 4.79 Å². The zero-order valence-corrected chi connectivity index (χ0v) is 15.1. The monoisotopic (exact) mass is 341 g/mol. The molecule has 1 aliphatic rings. The lowest BCUT2D eigenvalue weighted by Gasteiger charge is -2.34. The first kappa shape index (κ1) is 17.3. The molecule has 0 saturated carbocycles. The summed E-state index contributed by atoms with van der Waals surface area (Å²) in [4.78, 5) is 16.4. The summed E-state index contributed by atoms with van der Waals surface area (Å²) in [5.74, 6) is 0.487. The summed E-state index contributed by atoms with van der Waals surface area (Å²) in [6.07, 6.45) is 4.22. The minimum atomic E-state index is -0.0394. The fourth-order valence-electron chi connectivity index (χ4n) is 3.33. The fourth-order valence-corrected chi connectivity index (χ4v) is 3.33. The van der Waals surface area contributed by atoms with Crippen molar-refractivity contribution >= 4 is 11.7 Å². The second-order valence-electron chi connectivity index (χ2n) is 6.81. The van der Waals surface area contributed by atoms with Crippen molar-refractivity contribution in [2.75, 3.05) is 31.6 Å². The van der Waals surface area contributed by atoms with Crippen molar-refractivity contribution in [3.8, 4) is 0 Å². The van der Waals surface area contributed by atoms with Crippen molar-refractivity contribution in [3.63, 3.8) is 0 Å². The van der Waals surface area contributed by atoms with E-state index in [-0.39, 0.29) is 6.03 Å². The van der Waals surface area contributed by atoms with Crippen LogP contribution in [0.4, 0.5) is 10.5 Å². The Morgan fingerprint density at radius 2 is 2.12 bits per heavy atom. The van der Waals surface area contributed by atoms with Crippen LogP contribution in [0.1, 0.15) is 18.5 Å². The second-order valence-corrected chi connectivity index (χ2v) is 6.81. The standard InChI is InChI=1S/C19H27N5O/c1-22(15-17-10-12-23(2)21-17)19(25)20-13-16-7-6-11-24(14-16)18-8-4-3-5-9-18/h3-5,8-10,12,16H,6-7,11,13-15H2,1-2H3,(H,20,25). The molecular formula is C19H27N5O. The van der Waals surface area contributed by atoms with Crippen LogP contribution in [0.25, 0.3) is 0 Å². The summed E-state index contributed by atoms with van der Waals surface area (Å²) in [6.45, 7) is 3.32. The highest BCUT2D eigenvalue weighted by atomic mass is 16.2. The van der Waals surface area contributed by atoms with E-state index in [0.717, 1.165) is 25.2 Å². The Hall–Kier alpha value is -2.50. The molecule has 1 aromatic heterocycles. The summed E-state index contributed by atoms with van der Waals surface area (Å²) in [5, 5.41) is 7.39. The average molecular weight is 341 g/mol. The van der Waals surface area contributed by atoms with Gasteiger partial charge in [-0.3, -0.25) is 4.68 Å². The van der Waals surface area contributed by atoms with E-state index in [1.807, 2.05) is 25.4 Å². The molecule has 3 rings (SSSR count). The van der Waals surface area contributed by atoms with Crippen molar-refractivity contribution in [1.29, 1.82) is 0 Å². The molecule has 2 heterocycles. The maximum absolute atomic E-state index is 12.3. The summed E-state index contributed by atoms with van der Waals surface area (Å²) >= 11 is 0. The predicted molar refractivity (Wildman–Crippen MR) is 99.5 cm³/mol. The number of carbonyl (C=O) groups excluding carboxylic acids is 1. The third-order valence-corrected chi connectivity index (χ3v) is 4.70. The Labute approximate surface area is 149 Å². The van der Waals surface area contributed by atoms with Crippen LogP contribution in [0.3, 0.4) is 0 Å². The van der Waals surface area contributed by atoms with Crippen LogP contribution in [-0.2, 0) is 13.6 Å². The Bertz CT molecular complexity index is 684. The zero-order chi connectivity index (χ0) is 17.6. The smallest absolute Gasteiger partial charge is 0.317 e. The molecule has 1 fully saturated rings. The number of hydrogen-bond acceptors (Lipinski definition) is 3. The zero-order valence-electron chi connectivity index (χ0n) is 15.1. The van der Waals surface area contributed by atoms with Gasteiger partial charge in [0.15, 0.2) is 0 Å². The topological polar surface area (TPSA) is 53.4 Å². The minimum absolute atomic E-state index is 0.0394. The molecule has 1 unspecified atom stereocenters. The van der Waals surface area contributed by atoms with Gasteiger partial charge in [-0.15, -0.1) is 0 Å². The summed E-state index contributed by atoms with van der Waals surface area (Å²) < 4.78 is 1.75. The van der Waals surface area contributed by atoms with E-state index >= 15 is 0 Å². The predicted octanol–water partition coefficient (Wildman–Crippen LogP) is 2.48. The number of urea groups is 1. The summed E-state index contributed by atoms with van der Waals surface area (Å²) in [5.41, 5.74) is 2.17. The van der Waals surface area contributed by atoms with Gasteiger partial charge < -0.3 is 15.1 Å². The minimum Gasteiger partial charge on any atom is -0.371 e. The molecule has 134 valence electrons. The van der Waals surface area contributed by atoms with E-state index in [0.29, 0.717) is 19.0 Å². The van der Waals surface area contributed by atoms with Gasteiger partial charge in [0.25, 0.3) is 0 Å². The number of hydrogen-bond donors (Lipinski definition) is 1. The van der Waals surface area contributed by atoms with Crippen LogP contribution in [0.2, 0.25) is 0 Å². The molecule has 25 heavy (non-hydrogen) atoms. The van der Waals surface area contributed by atoms with Gasteiger partial charge in [0.1, 0.15) is 0 Å². The summed E-state index contributed by atoms with van der Waals surface area (Å²) in [7, 11) is 3.69. The molecule has 1 saturated heterocycles. The second kappa shape index (κ2) is 8.05. The van der Waals surface area contributed by atoms with Crippen LogP contribution >= 0.6 is 0 Å². The molecule has 1 atom stereocenters. The van der Waals surface area contributed by atoms with E-state index in [4.69, 9.17) is 0 Å². The molecule has 1 N–H and O–H groups in total. The van der Waals surface area contributed by atoms with E-state index in [9.17, 15) is 4.79 Å². The summed E-state index contributed by atoms with van der Waals surface area (Å²) in [6, 6.07) is 12.4. The highest BCUT2D eigenvalue weighted by Gasteiger charge is 2.21. The first-order chi connectivity index (χ1) is 12.1. The quantitative estimate of drug-likeness (QED) is 0.909. The van der Waals surface area contributed by atoms with E-state index in [1.54, 1.807) is 16.6 Å². The Morgan fingerprint density at radius 1 is 1.32 bits per heavy atom. The van der Waals surface area contributed by atoms with Gasteiger partial charge in [-0.05, 0) is 37.0 Å². The molecule has 1 aliphatic heterocycles. The number of anilines is 1. The number of carbonyl (C=O) groups is 1. The average Bonchev–Trinajstić information content (AvgIpc) is 3.05. The first-order valence-electron chi connectivity index (χ1n) is 8.89. The molecule has 0 radical (unpaired) electrons. The Kier molecular flexibility index (Phi) is 5.58. The third kappa shape index (κ3) is 4.75. The number of piperidine rings is 1. The van der Waals surface area contributed by atoms with Crippen LogP contribution in [0.5, 0.6) is 0 Å². The van der Waals surface area contributed by atoms with E-state index in [2.05, 4.69) is 39.6 Å². The van der Waals surface area contributed by atoms with Gasteiger partial charge in [0.05, 0.1) is 12.2 Å². The lowest BCUT2D eigenvalue weighted by Crippen LogP contribution is -2.44. The molecule has 1 aromatic carbocycles. The fraction of sp³-hybridized carbons (Fsp3) is 0.474. The SMILES string of the molecule is CN(Cc1ccn(C)n1)C(=O)NCC1CCCN(c2ccccc2)C1. The first-order valence-corrected chi connectivity index (χ1v) is 8.89. The largest absolute Gasteiger partial charge is 0.371 e. The van der Waals surface area contributed by atoms with Crippen LogP contribution < -0.4 is 10.2 Å². The molecule has 0 aliphatic carbocycles. The highest BCUT2D eigenvalue weighted by Crippen LogP contribution is 2.22. The molecule has 0 spiro atoms. The molecule has 6 nitrogen and oxygen atoms in total. The number of nitrogens with zero attached hydrogens (tertiary/aromatic N) is 4. The van der Waals surface area contributed by atoms with Crippen molar-refractivity contribution in [2.24, 2.45) is 13.0 Å². The maximum Gasteiger partial charge on any atom is 0.317 e. The molecule has 0 bridgehead atoms. The van der Waals surface area contributed by atoms with Crippen LogP contribution in [0, 0.1) is 5.92 Å². The number of rotatable bonds is 5. The third-order valence-electron chi connectivity index (χ3n) is 4.70. The van der Waals surface area contributed by atoms with Crippen molar-refractivity contribution in [2.45, 2.75) is 19.4 Å². The number of benzene rings is 1. The Balaban J connectivity index is 1.46. The number of aryl methyl sites for hydroxylation is 1. The number of amides is 2. The normalized spacial score (nSPS) is 17.4. The molecule has 6 heteroatoms. The van der Waals surface area contributed by atoms with Gasteiger partial charge in [-0.2, -0.15) is 5.10 Å². The molecule has 2 aromatic rings. The number of para-hydroxylation sites is 1. The van der Waals surface area contributed by atoms with Gasteiger partial charge in [-0.1, -0.05) is 18.2 Å². The van der Waals surface area contributed by atoms with Gasteiger partial charge >= 0.3 is 6.03 Å². The van der Waals surface area contributed by atoms with Crippen molar-refractivity contribution in [3.05, 3.63) is 48.3 Å². The number of aromatic nitrogens is 2. The number of nitrogens with one attached hydrogen (secondary N) is 1. The lowest BCUT2D eigenvalue weighted by atomic mass is 9.97. The van der Waals surface area contributed by atoms with Gasteiger partial charge in [0.2, 0.25) is 0 Å². The highest BCUT2D eigenvalue weighted by molar-refractivity contribution is 5.73. The van der Waals surface area contributed by atoms with Crippen molar-refractivity contribution in [1.82, 2.24) is 20.0 Å². The van der Waals surface area contributed by atoms with Gasteiger partial charge in [-0.25, -0.2) is 4.79 Å². The van der Waals surface area contributed by atoms with E-state index < -0.39 is 0 Å². The Morgan fingerprint density at radius 3 is 2.84 bits per heavy atom.